The van der Waals surface area contributed by atoms with E-state index in [-0.39, 0.29) is 5.28 Å². The molecule has 0 fully saturated rings. The highest BCUT2D eigenvalue weighted by atomic mass is 35.5. The Kier molecular flexibility index (Phi) is 3.30. The normalized spacial score (nSPS) is 10.0. The number of ether oxygens (including phenoxy) is 1. The SMILES string of the molecule is COc1cnc(Cl)nc1Nc1ccccc1N. The minimum atomic E-state index is 0.141. The van der Waals surface area contributed by atoms with Crippen LogP contribution in [0.3, 0.4) is 0 Å². The van der Waals surface area contributed by atoms with Crippen LogP contribution >= 0.6 is 11.6 Å². The number of nitrogen functional groups attached to an aromatic ring is 1. The molecular weight excluding hydrogens is 240 g/mol. The van der Waals surface area contributed by atoms with Crippen LogP contribution in [0, 0.1) is 0 Å². The van der Waals surface area contributed by atoms with Gasteiger partial charge in [-0.15, -0.1) is 0 Å². The van der Waals surface area contributed by atoms with Crippen LogP contribution in [0.25, 0.3) is 0 Å². The second kappa shape index (κ2) is 4.88. The first-order chi connectivity index (χ1) is 8.20. The third kappa shape index (κ3) is 2.57. The number of nitrogens with two attached hydrogens (primary N) is 1. The van der Waals surface area contributed by atoms with Crippen LogP contribution in [0.4, 0.5) is 17.2 Å². The number of nitrogens with one attached hydrogen (secondary N) is 1. The van der Waals surface area contributed by atoms with Crippen LogP contribution in [0.2, 0.25) is 5.28 Å². The Morgan fingerprint density at radius 1 is 1.35 bits per heavy atom. The Morgan fingerprint density at radius 2 is 2.12 bits per heavy atom. The number of methoxy groups -OCH3 is 1. The molecule has 1 aromatic heterocycles. The molecule has 3 N–H and O–H groups in total. The van der Waals surface area contributed by atoms with Crippen molar-refractivity contribution in [1.82, 2.24) is 9.97 Å². The molecule has 0 atom stereocenters. The maximum atomic E-state index is 5.82. The average molecular weight is 251 g/mol. The van der Waals surface area contributed by atoms with E-state index in [2.05, 4.69) is 15.3 Å². The zero-order chi connectivity index (χ0) is 12.3. The molecule has 0 saturated heterocycles. The first kappa shape index (κ1) is 11.5. The predicted octanol–water partition coefficient (Wildman–Crippen LogP) is 2.46. The smallest absolute Gasteiger partial charge is 0.224 e. The quantitative estimate of drug-likeness (QED) is 0.647. The second-order valence-electron chi connectivity index (χ2n) is 3.27. The lowest BCUT2D eigenvalue weighted by Gasteiger charge is -2.11. The molecule has 88 valence electrons. The summed E-state index contributed by atoms with van der Waals surface area (Å²) >= 11 is 5.73. The van der Waals surface area contributed by atoms with Crippen molar-refractivity contribution in [3.8, 4) is 5.75 Å². The highest BCUT2D eigenvalue weighted by molar-refractivity contribution is 6.28. The zero-order valence-corrected chi connectivity index (χ0v) is 9.90. The maximum absolute atomic E-state index is 5.82. The fourth-order valence-electron chi connectivity index (χ4n) is 1.33. The molecule has 5 nitrogen and oxygen atoms in total. The number of benzene rings is 1. The van der Waals surface area contributed by atoms with Crippen LogP contribution in [0.5, 0.6) is 5.75 Å². The second-order valence-corrected chi connectivity index (χ2v) is 3.61. The molecule has 0 saturated carbocycles. The number of halogens is 1. The van der Waals surface area contributed by atoms with Crippen molar-refractivity contribution in [3.05, 3.63) is 35.7 Å². The van der Waals surface area contributed by atoms with E-state index in [9.17, 15) is 0 Å². The van der Waals surface area contributed by atoms with Gasteiger partial charge in [-0.25, -0.2) is 4.98 Å². The van der Waals surface area contributed by atoms with E-state index in [4.69, 9.17) is 22.1 Å². The van der Waals surface area contributed by atoms with Crippen LogP contribution in [0.15, 0.2) is 30.5 Å². The monoisotopic (exact) mass is 250 g/mol. The molecule has 0 aliphatic carbocycles. The summed E-state index contributed by atoms with van der Waals surface area (Å²) < 4.78 is 5.13. The first-order valence-corrected chi connectivity index (χ1v) is 5.26. The molecule has 1 heterocycles. The fourth-order valence-corrected chi connectivity index (χ4v) is 1.46. The summed E-state index contributed by atoms with van der Waals surface area (Å²) in [7, 11) is 1.53. The van der Waals surface area contributed by atoms with E-state index < -0.39 is 0 Å². The minimum absolute atomic E-state index is 0.141. The third-order valence-corrected chi connectivity index (χ3v) is 2.34. The average Bonchev–Trinajstić information content (AvgIpc) is 2.32. The Labute approximate surface area is 104 Å². The molecule has 0 aliphatic rings. The molecule has 0 amide bonds. The van der Waals surface area contributed by atoms with Crippen molar-refractivity contribution in [2.45, 2.75) is 0 Å². The highest BCUT2D eigenvalue weighted by Gasteiger charge is 2.08. The lowest BCUT2D eigenvalue weighted by molar-refractivity contribution is 0.413. The van der Waals surface area contributed by atoms with Gasteiger partial charge in [-0.2, -0.15) is 4.98 Å². The molecule has 2 rings (SSSR count). The molecule has 2 aromatic rings. The van der Waals surface area contributed by atoms with E-state index in [1.807, 2.05) is 18.2 Å². The van der Waals surface area contributed by atoms with Crippen molar-refractivity contribution in [2.24, 2.45) is 0 Å². The van der Waals surface area contributed by atoms with Crippen LogP contribution in [0.1, 0.15) is 0 Å². The molecule has 0 unspecified atom stereocenters. The number of hydrogen-bond donors (Lipinski definition) is 2. The topological polar surface area (TPSA) is 73.1 Å². The summed E-state index contributed by atoms with van der Waals surface area (Å²) in [5, 5.41) is 3.19. The van der Waals surface area contributed by atoms with Crippen LogP contribution in [-0.2, 0) is 0 Å². The van der Waals surface area contributed by atoms with E-state index in [0.717, 1.165) is 5.69 Å². The molecule has 0 radical (unpaired) electrons. The Hall–Kier alpha value is -2.01. The van der Waals surface area contributed by atoms with Gasteiger partial charge in [0.25, 0.3) is 0 Å². The first-order valence-electron chi connectivity index (χ1n) is 4.89. The van der Waals surface area contributed by atoms with E-state index in [1.165, 1.54) is 13.3 Å². The number of aromatic nitrogens is 2. The van der Waals surface area contributed by atoms with Gasteiger partial charge in [0.2, 0.25) is 5.28 Å². The van der Waals surface area contributed by atoms with Gasteiger partial charge < -0.3 is 15.8 Å². The summed E-state index contributed by atoms with van der Waals surface area (Å²) in [5.74, 6) is 0.975. The van der Waals surface area contributed by atoms with Crippen LogP contribution in [-0.4, -0.2) is 17.1 Å². The van der Waals surface area contributed by atoms with Crippen molar-refractivity contribution in [2.75, 3.05) is 18.2 Å². The minimum Gasteiger partial charge on any atom is -0.491 e. The molecule has 0 spiro atoms. The number of anilines is 3. The largest absolute Gasteiger partial charge is 0.491 e. The number of rotatable bonds is 3. The van der Waals surface area contributed by atoms with Gasteiger partial charge in [0.1, 0.15) is 0 Å². The summed E-state index contributed by atoms with van der Waals surface area (Å²) in [6.45, 7) is 0. The maximum Gasteiger partial charge on any atom is 0.224 e. The van der Waals surface area contributed by atoms with Crippen LogP contribution < -0.4 is 15.8 Å². The van der Waals surface area contributed by atoms with Crippen molar-refractivity contribution in [1.29, 1.82) is 0 Å². The molecule has 17 heavy (non-hydrogen) atoms. The number of hydrogen-bond acceptors (Lipinski definition) is 5. The molecule has 0 bridgehead atoms. The Bertz CT molecular complexity index is 533. The highest BCUT2D eigenvalue weighted by Crippen LogP contribution is 2.28. The third-order valence-electron chi connectivity index (χ3n) is 2.16. The van der Waals surface area contributed by atoms with Gasteiger partial charge in [-0.3, -0.25) is 0 Å². The summed E-state index contributed by atoms with van der Waals surface area (Å²) in [5.41, 5.74) is 7.17. The summed E-state index contributed by atoms with van der Waals surface area (Å²) in [6, 6.07) is 7.35. The summed E-state index contributed by atoms with van der Waals surface area (Å²) in [4.78, 5) is 7.88. The lowest BCUT2D eigenvalue weighted by Crippen LogP contribution is -2.01. The molecular formula is C11H11ClN4O. The van der Waals surface area contributed by atoms with Gasteiger partial charge >= 0.3 is 0 Å². The Morgan fingerprint density at radius 3 is 2.82 bits per heavy atom. The standard InChI is InChI=1S/C11H11ClN4O/c1-17-9-6-14-11(12)16-10(9)15-8-5-3-2-4-7(8)13/h2-6H,13H2,1H3,(H,14,15,16). The molecule has 0 aliphatic heterocycles. The molecule has 6 heteroatoms. The predicted molar refractivity (Wildman–Crippen MR) is 67.7 cm³/mol. The summed E-state index contributed by atoms with van der Waals surface area (Å²) in [6.07, 6.45) is 1.50. The van der Waals surface area contributed by atoms with Gasteiger partial charge in [-0.05, 0) is 23.7 Å². The van der Waals surface area contributed by atoms with Crippen molar-refractivity contribution < 1.29 is 4.74 Å². The van der Waals surface area contributed by atoms with E-state index in [1.54, 1.807) is 6.07 Å². The van der Waals surface area contributed by atoms with Crippen molar-refractivity contribution in [3.63, 3.8) is 0 Å². The molecule has 1 aromatic carbocycles. The van der Waals surface area contributed by atoms with Gasteiger partial charge in [0.05, 0.1) is 24.7 Å². The van der Waals surface area contributed by atoms with Crippen molar-refractivity contribution >= 4 is 28.8 Å². The Balaban J connectivity index is 2.35. The van der Waals surface area contributed by atoms with E-state index >= 15 is 0 Å². The number of nitrogens with zero attached hydrogens (tertiary/aromatic N) is 2. The van der Waals surface area contributed by atoms with Gasteiger partial charge in [0.15, 0.2) is 11.6 Å². The lowest BCUT2D eigenvalue weighted by atomic mass is 10.2. The van der Waals surface area contributed by atoms with Gasteiger partial charge in [-0.1, -0.05) is 12.1 Å². The van der Waals surface area contributed by atoms with E-state index in [0.29, 0.717) is 17.3 Å². The zero-order valence-electron chi connectivity index (χ0n) is 9.14. The number of para-hydroxylation sites is 2. The fraction of sp³-hybridized carbons (Fsp3) is 0.0909. The van der Waals surface area contributed by atoms with Gasteiger partial charge in [0, 0.05) is 0 Å².